The topological polar surface area (TPSA) is 69.7 Å². The Balaban J connectivity index is 1.56. The molecule has 0 radical (unpaired) electrons. The Morgan fingerprint density at radius 1 is 1.11 bits per heavy atom. The van der Waals surface area contributed by atoms with Gasteiger partial charge in [-0.2, -0.15) is 4.31 Å². The van der Waals surface area contributed by atoms with E-state index in [1.54, 1.807) is 17.5 Å². The van der Waals surface area contributed by atoms with Crippen molar-refractivity contribution >= 4 is 27.3 Å². The zero-order valence-corrected chi connectivity index (χ0v) is 17.8. The summed E-state index contributed by atoms with van der Waals surface area (Å²) < 4.78 is 26.2. The summed E-state index contributed by atoms with van der Waals surface area (Å²) >= 11 is 1.15. The van der Waals surface area contributed by atoms with Crippen LogP contribution in [0.15, 0.2) is 46.0 Å². The third kappa shape index (κ3) is 5.41. The highest BCUT2D eigenvalue weighted by molar-refractivity contribution is 7.91. The Kier molecular flexibility index (Phi) is 7.23. The molecular formula is C20H27N3O3S2. The fraction of sp³-hybridized carbons (Fsp3) is 0.450. The van der Waals surface area contributed by atoms with Crippen LogP contribution < -0.4 is 5.32 Å². The number of hydrogen-bond acceptors (Lipinski definition) is 5. The molecule has 0 aliphatic carbocycles. The minimum Gasteiger partial charge on any atom is -0.351 e. The monoisotopic (exact) mass is 421 g/mol. The summed E-state index contributed by atoms with van der Waals surface area (Å²) in [6.07, 6.45) is 3.78. The maximum absolute atomic E-state index is 12.4. The van der Waals surface area contributed by atoms with E-state index >= 15 is 0 Å². The van der Waals surface area contributed by atoms with Crippen LogP contribution in [0.1, 0.15) is 30.4 Å². The maximum atomic E-state index is 12.4. The van der Waals surface area contributed by atoms with Gasteiger partial charge in [-0.1, -0.05) is 36.8 Å². The van der Waals surface area contributed by atoms with Crippen LogP contribution in [0.25, 0.3) is 0 Å². The first-order chi connectivity index (χ1) is 13.5. The van der Waals surface area contributed by atoms with Gasteiger partial charge in [0.25, 0.3) is 10.0 Å². The van der Waals surface area contributed by atoms with E-state index in [9.17, 15) is 13.2 Å². The Hall–Kier alpha value is -1.74. The summed E-state index contributed by atoms with van der Waals surface area (Å²) in [6.45, 7) is 3.32. The lowest BCUT2D eigenvalue weighted by molar-refractivity contribution is -0.121. The Morgan fingerprint density at radius 3 is 2.50 bits per heavy atom. The van der Waals surface area contributed by atoms with Gasteiger partial charge in [0.05, 0.1) is 6.54 Å². The molecule has 2 aromatic rings. The van der Waals surface area contributed by atoms with Crippen LogP contribution in [0.5, 0.6) is 0 Å². The van der Waals surface area contributed by atoms with Crippen molar-refractivity contribution in [2.75, 3.05) is 26.7 Å². The molecule has 28 heavy (non-hydrogen) atoms. The number of benzene rings is 1. The SMILES string of the molecule is CN(CC(=O)NCc1ccccc1CN1CCCCC1)S(=O)(=O)c1cccs1. The summed E-state index contributed by atoms with van der Waals surface area (Å²) in [5.41, 5.74) is 2.29. The van der Waals surface area contributed by atoms with Crippen molar-refractivity contribution in [2.24, 2.45) is 0 Å². The molecule has 0 spiro atoms. The number of carbonyl (C=O) groups is 1. The Bertz CT molecular complexity index is 876. The first kappa shape index (κ1) is 21.0. The molecule has 8 heteroatoms. The van der Waals surface area contributed by atoms with E-state index < -0.39 is 10.0 Å². The second kappa shape index (κ2) is 9.65. The molecular weight excluding hydrogens is 394 g/mol. The molecule has 152 valence electrons. The number of hydrogen-bond donors (Lipinski definition) is 1. The van der Waals surface area contributed by atoms with E-state index in [1.165, 1.54) is 31.9 Å². The van der Waals surface area contributed by atoms with Crippen molar-refractivity contribution in [3.05, 3.63) is 52.9 Å². The fourth-order valence-electron chi connectivity index (χ4n) is 3.34. The van der Waals surface area contributed by atoms with Crippen LogP contribution >= 0.6 is 11.3 Å². The Morgan fingerprint density at radius 2 is 1.82 bits per heavy atom. The van der Waals surface area contributed by atoms with Crippen molar-refractivity contribution in [1.29, 1.82) is 0 Å². The Labute approximate surface area is 171 Å². The average molecular weight is 422 g/mol. The molecule has 1 aliphatic rings. The van der Waals surface area contributed by atoms with Crippen molar-refractivity contribution in [3.8, 4) is 0 Å². The van der Waals surface area contributed by atoms with Crippen LogP contribution in [-0.4, -0.2) is 50.2 Å². The molecule has 2 heterocycles. The van der Waals surface area contributed by atoms with E-state index in [0.29, 0.717) is 6.54 Å². The summed E-state index contributed by atoms with van der Waals surface area (Å²) in [5, 5.41) is 4.57. The number of thiophene rings is 1. The van der Waals surface area contributed by atoms with Crippen LogP contribution in [0.4, 0.5) is 0 Å². The number of likely N-dealkylation sites (N-methyl/N-ethyl adjacent to an activating group) is 1. The van der Waals surface area contributed by atoms with E-state index in [1.807, 2.05) is 18.2 Å². The molecule has 1 saturated heterocycles. The molecule has 0 unspecified atom stereocenters. The number of likely N-dealkylation sites (tertiary alicyclic amines) is 1. The van der Waals surface area contributed by atoms with Crippen molar-refractivity contribution in [1.82, 2.24) is 14.5 Å². The minimum atomic E-state index is -3.62. The van der Waals surface area contributed by atoms with Crippen LogP contribution in [-0.2, 0) is 27.9 Å². The van der Waals surface area contributed by atoms with Gasteiger partial charge in [-0.3, -0.25) is 9.69 Å². The minimum absolute atomic E-state index is 0.200. The lowest BCUT2D eigenvalue weighted by atomic mass is 10.0. The van der Waals surface area contributed by atoms with Gasteiger partial charge in [0.15, 0.2) is 0 Å². The molecule has 1 fully saturated rings. The van der Waals surface area contributed by atoms with E-state index in [-0.39, 0.29) is 16.7 Å². The molecule has 1 N–H and O–H groups in total. The first-order valence-corrected chi connectivity index (χ1v) is 11.8. The number of rotatable bonds is 8. The van der Waals surface area contributed by atoms with Crippen molar-refractivity contribution in [3.63, 3.8) is 0 Å². The molecule has 1 amide bonds. The van der Waals surface area contributed by atoms with E-state index in [0.717, 1.165) is 40.8 Å². The van der Waals surface area contributed by atoms with Gasteiger partial charge in [0.1, 0.15) is 4.21 Å². The fourth-order valence-corrected chi connectivity index (χ4v) is 5.67. The first-order valence-electron chi connectivity index (χ1n) is 9.52. The van der Waals surface area contributed by atoms with Gasteiger partial charge in [-0.25, -0.2) is 8.42 Å². The highest BCUT2D eigenvalue weighted by Crippen LogP contribution is 2.19. The third-order valence-electron chi connectivity index (χ3n) is 4.96. The van der Waals surface area contributed by atoms with Gasteiger partial charge in [0.2, 0.25) is 5.91 Å². The zero-order valence-electron chi connectivity index (χ0n) is 16.1. The van der Waals surface area contributed by atoms with Crippen LogP contribution in [0.2, 0.25) is 0 Å². The molecule has 1 aromatic heterocycles. The highest BCUT2D eigenvalue weighted by atomic mass is 32.2. The van der Waals surface area contributed by atoms with Gasteiger partial charge in [-0.05, 0) is 48.5 Å². The number of nitrogens with zero attached hydrogens (tertiary/aromatic N) is 2. The van der Waals surface area contributed by atoms with Gasteiger partial charge >= 0.3 is 0 Å². The quantitative estimate of drug-likeness (QED) is 0.711. The van der Waals surface area contributed by atoms with Crippen molar-refractivity contribution < 1.29 is 13.2 Å². The van der Waals surface area contributed by atoms with Gasteiger partial charge in [0, 0.05) is 20.1 Å². The number of amides is 1. The molecule has 1 aromatic carbocycles. The number of sulfonamides is 1. The predicted octanol–water partition coefficient (Wildman–Crippen LogP) is 2.67. The van der Waals surface area contributed by atoms with Crippen molar-refractivity contribution in [2.45, 2.75) is 36.6 Å². The van der Waals surface area contributed by atoms with E-state index in [2.05, 4.69) is 16.3 Å². The number of piperidine rings is 1. The second-order valence-electron chi connectivity index (χ2n) is 7.08. The smallest absolute Gasteiger partial charge is 0.252 e. The normalized spacial score (nSPS) is 15.6. The molecule has 6 nitrogen and oxygen atoms in total. The lowest BCUT2D eigenvalue weighted by Crippen LogP contribution is -2.38. The summed E-state index contributed by atoms with van der Waals surface area (Å²) in [5.74, 6) is -0.310. The largest absolute Gasteiger partial charge is 0.351 e. The standard InChI is InChI=1S/C20H27N3O3S2/c1-22(28(25,26)20-10-7-13-27-20)16-19(24)21-14-17-8-3-4-9-18(17)15-23-11-5-2-6-12-23/h3-4,7-10,13H,2,5-6,11-12,14-16H2,1H3,(H,21,24). The zero-order chi connectivity index (χ0) is 20.0. The molecule has 3 rings (SSSR count). The lowest BCUT2D eigenvalue weighted by Gasteiger charge is -2.27. The average Bonchev–Trinajstić information content (AvgIpc) is 3.24. The molecule has 0 saturated carbocycles. The second-order valence-corrected chi connectivity index (χ2v) is 10.3. The molecule has 0 atom stereocenters. The summed E-state index contributed by atoms with van der Waals surface area (Å²) in [6, 6.07) is 11.3. The molecule has 1 aliphatic heterocycles. The summed E-state index contributed by atoms with van der Waals surface area (Å²) in [7, 11) is -2.19. The number of carbonyl (C=O) groups excluding carboxylic acids is 1. The number of nitrogens with one attached hydrogen (secondary N) is 1. The van der Waals surface area contributed by atoms with Crippen LogP contribution in [0, 0.1) is 0 Å². The van der Waals surface area contributed by atoms with Gasteiger partial charge < -0.3 is 5.32 Å². The maximum Gasteiger partial charge on any atom is 0.252 e. The van der Waals surface area contributed by atoms with Crippen LogP contribution in [0.3, 0.4) is 0 Å². The summed E-state index contributed by atoms with van der Waals surface area (Å²) in [4.78, 5) is 14.8. The van der Waals surface area contributed by atoms with E-state index in [4.69, 9.17) is 0 Å². The predicted molar refractivity (Wildman–Crippen MR) is 112 cm³/mol. The van der Waals surface area contributed by atoms with Gasteiger partial charge in [-0.15, -0.1) is 11.3 Å². The highest BCUT2D eigenvalue weighted by Gasteiger charge is 2.23. The third-order valence-corrected chi connectivity index (χ3v) is 8.14. The molecule has 0 bridgehead atoms.